The van der Waals surface area contributed by atoms with Gasteiger partial charge in [-0.3, -0.25) is 9.59 Å². The fourth-order valence-electron chi connectivity index (χ4n) is 6.11. The Morgan fingerprint density at radius 3 is 2.44 bits per heavy atom. The molecule has 0 aromatic heterocycles. The molecule has 0 radical (unpaired) electrons. The van der Waals surface area contributed by atoms with Crippen molar-refractivity contribution in [1.82, 2.24) is 0 Å². The Kier molecular flexibility index (Phi) is 6.05. The molecule has 0 amide bonds. The molecule has 2 aliphatic carbocycles. The standard InChI is InChI=1S/C28H29BO5/c1-16(13-18-8-10-19(30)11-9-18)7-12-24-25-17(2)14-22-26(23(25)15-29(33)34-24)28(32)21-6-4-3-5-20(21)27(22)31/h3-6,8-11,13,22-24,26,30,33H,7,12,14-15H2,1-2H3/b16-13+/t22-,23+,24-,26-/m1/s1. The molecule has 4 atom stereocenters. The summed E-state index contributed by atoms with van der Waals surface area (Å²) in [5, 5.41) is 20.1. The van der Waals surface area contributed by atoms with Gasteiger partial charge < -0.3 is 14.8 Å². The summed E-state index contributed by atoms with van der Waals surface area (Å²) in [4.78, 5) is 26.8. The third-order valence-electron chi connectivity index (χ3n) is 7.61. The van der Waals surface area contributed by atoms with Crippen LogP contribution in [0.4, 0.5) is 0 Å². The Hall–Kier alpha value is -2.96. The average Bonchev–Trinajstić information content (AvgIpc) is 2.82. The van der Waals surface area contributed by atoms with Crippen molar-refractivity contribution in [2.45, 2.75) is 45.5 Å². The van der Waals surface area contributed by atoms with E-state index in [0.717, 1.165) is 28.7 Å². The van der Waals surface area contributed by atoms with Crippen molar-refractivity contribution < 1.29 is 24.4 Å². The van der Waals surface area contributed by atoms with E-state index >= 15 is 0 Å². The van der Waals surface area contributed by atoms with Crippen LogP contribution in [0.5, 0.6) is 5.75 Å². The minimum Gasteiger partial charge on any atom is -0.508 e. The van der Waals surface area contributed by atoms with Crippen molar-refractivity contribution in [3.63, 3.8) is 0 Å². The van der Waals surface area contributed by atoms with Gasteiger partial charge in [0.15, 0.2) is 11.6 Å². The highest BCUT2D eigenvalue weighted by molar-refractivity contribution is 6.43. The summed E-state index contributed by atoms with van der Waals surface area (Å²) in [5.74, 6) is -0.676. The molecule has 5 rings (SSSR count). The molecule has 1 saturated heterocycles. The highest BCUT2D eigenvalue weighted by Crippen LogP contribution is 2.50. The number of phenols is 1. The van der Waals surface area contributed by atoms with Crippen LogP contribution in [-0.4, -0.2) is 34.9 Å². The van der Waals surface area contributed by atoms with Crippen LogP contribution in [0, 0.1) is 17.8 Å². The smallest absolute Gasteiger partial charge is 0.455 e. The molecule has 0 saturated carbocycles. The van der Waals surface area contributed by atoms with Gasteiger partial charge in [-0.25, -0.2) is 0 Å². The number of hydrogen-bond acceptors (Lipinski definition) is 5. The molecule has 2 N–H and O–H groups in total. The summed E-state index contributed by atoms with van der Waals surface area (Å²) < 4.78 is 5.99. The molecular formula is C28H29BO5. The monoisotopic (exact) mass is 456 g/mol. The molecule has 0 bridgehead atoms. The number of aromatic hydroxyl groups is 1. The summed E-state index contributed by atoms with van der Waals surface area (Å²) in [6.07, 6.45) is 4.16. The molecule has 1 aliphatic heterocycles. The molecule has 3 aliphatic rings. The minimum absolute atomic E-state index is 0.0199. The predicted molar refractivity (Wildman–Crippen MR) is 132 cm³/mol. The summed E-state index contributed by atoms with van der Waals surface area (Å²) in [6, 6.07) is 14.2. The number of hydrogen-bond donors (Lipinski definition) is 2. The van der Waals surface area contributed by atoms with Crippen molar-refractivity contribution >= 4 is 24.8 Å². The van der Waals surface area contributed by atoms with Crippen molar-refractivity contribution in [2.75, 3.05) is 0 Å². The molecule has 174 valence electrons. The van der Waals surface area contributed by atoms with Gasteiger partial charge >= 0.3 is 7.12 Å². The second-order valence-electron chi connectivity index (χ2n) is 9.89. The van der Waals surface area contributed by atoms with E-state index in [4.69, 9.17) is 4.65 Å². The minimum atomic E-state index is -0.952. The van der Waals surface area contributed by atoms with Crippen LogP contribution in [0.15, 0.2) is 65.3 Å². The van der Waals surface area contributed by atoms with E-state index in [1.165, 1.54) is 0 Å². The topological polar surface area (TPSA) is 83.8 Å². The Morgan fingerprint density at radius 1 is 1.06 bits per heavy atom. The van der Waals surface area contributed by atoms with Gasteiger partial charge in [-0.2, -0.15) is 0 Å². The van der Waals surface area contributed by atoms with Gasteiger partial charge in [-0.05, 0) is 68.6 Å². The van der Waals surface area contributed by atoms with E-state index in [0.29, 0.717) is 30.3 Å². The van der Waals surface area contributed by atoms with Crippen LogP contribution < -0.4 is 0 Å². The van der Waals surface area contributed by atoms with Crippen LogP contribution in [0.2, 0.25) is 6.32 Å². The number of allylic oxidation sites excluding steroid dienone is 2. The first-order valence-corrected chi connectivity index (χ1v) is 12.0. The van der Waals surface area contributed by atoms with Crippen molar-refractivity contribution in [1.29, 1.82) is 0 Å². The molecule has 5 nitrogen and oxygen atoms in total. The summed E-state index contributed by atoms with van der Waals surface area (Å²) in [6.45, 7) is 4.10. The lowest BCUT2D eigenvalue weighted by Gasteiger charge is -2.46. The van der Waals surface area contributed by atoms with Gasteiger partial charge in [0.05, 0.1) is 6.10 Å². The fraction of sp³-hybridized carbons (Fsp3) is 0.357. The lowest BCUT2D eigenvalue weighted by Crippen LogP contribution is -2.50. The number of ketones is 2. The van der Waals surface area contributed by atoms with E-state index < -0.39 is 13.0 Å². The van der Waals surface area contributed by atoms with E-state index in [1.54, 1.807) is 30.3 Å². The maximum absolute atomic E-state index is 13.5. The van der Waals surface area contributed by atoms with Crippen molar-refractivity contribution in [2.24, 2.45) is 17.8 Å². The zero-order valence-corrected chi connectivity index (χ0v) is 19.5. The van der Waals surface area contributed by atoms with Gasteiger partial charge in [0.1, 0.15) is 5.75 Å². The number of carbonyl (C=O) groups excluding carboxylic acids is 2. The normalized spacial score (nSPS) is 26.8. The quantitative estimate of drug-likeness (QED) is 0.494. The number of rotatable bonds is 4. The lowest BCUT2D eigenvalue weighted by molar-refractivity contribution is 0.0601. The Balaban J connectivity index is 1.41. The van der Waals surface area contributed by atoms with E-state index in [2.05, 4.69) is 13.0 Å². The van der Waals surface area contributed by atoms with Crippen molar-refractivity contribution in [3.8, 4) is 5.75 Å². The highest BCUT2D eigenvalue weighted by atomic mass is 16.5. The van der Waals surface area contributed by atoms with E-state index in [1.807, 2.05) is 25.1 Å². The maximum atomic E-state index is 13.5. The predicted octanol–water partition coefficient (Wildman–Crippen LogP) is 5.10. The van der Waals surface area contributed by atoms with Gasteiger partial charge in [0.2, 0.25) is 0 Å². The zero-order chi connectivity index (χ0) is 24.0. The van der Waals surface area contributed by atoms with Gasteiger partial charge in [0.25, 0.3) is 0 Å². The van der Waals surface area contributed by atoms with Gasteiger partial charge in [-0.1, -0.05) is 53.6 Å². The fourth-order valence-corrected chi connectivity index (χ4v) is 6.11. The maximum Gasteiger partial charge on any atom is 0.455 e. The first-order valence-electron chi connectivity index (χ1n) is 12.0. The number of benzene rings is 2. The first-order chi connectivity index (χ1) is 16.3. The van der Waals surface area contributed by atoms with E-state index in [9.17, 15) is 19.7 Å². The molecule has 0 unspecified atom stereocenters. The van der Waals surface area contributed by atoms with Gasteiger partial charge in [0, 0.05) is 23.0 Å². The number of carbonyl (C=O) groups is 2. The molecule has 0 spiro atoms. The molecule has 34 heavy (non-hydrogen) atoms. The molecule has 1 heterocycles. The van der Waals surface area contributed by atoms with Crippen LogP contribution in [0.1, 0.15) is 59.4 Å². The van der Waals surface area contributed by atoms with E-state index in [-0.39, 0.29) is 35.3 Å². The number of fused-ring (bicyclic) bond motifs is 4. The lowest BCUT2D eigenvalue weighted by atomic mass is 9.54. The second-order valence-corrected chi connectivity index (χ2v) is 9.89. The molecule has 1 fully saturated rings. The SMILES string of the molecule is CC1=C2[C@@H](CC/C(C)=C/c3ccc(O)cc3)OB(O)C[C@@H]2[C@@H]2C(=O)c3ccccc3C(=O)[C@@H]2C1. The van der Waals surface area contributed by atoms with Crippen LogP contribution in [-0.2, 0) is 4.65 Å². The third kappa shape index (κ3) is 4.06. The van der Waals surface area contributed by atoms with Crippen molar-refractivity contribution in [3.05, 3.63) is 81.9 Å². The largest absolute Gasteiger partial charge is 0.508 e. The van der Waals surface area contributed by atoms with Crippen LogP contribution in [0.3, 0.4) is 0 Å². The average molecular weight is 456 g/mol. The summed E-state index contributed by atoms with van der Waals surface area (Å²) in [5.41, 5.74) is 5.43. The molecular weight excluding hydrogens is 427 g/mol. The molecule has 6 heteroatoms. The van der Waals surface area contributed by atoms with Crippen LogP contribution >= 0.6 is 0 Å². The number of Topliss-reactive ketones (excluding diaryl/α,β-unsaturated/α-hetero) is 2. The Bertz CT molecular complexity index is 1200. The Morgan fingerprint density at radius 2 is 1.74 bits per heavy atom. The Labute approximate surface area is 200 Å². The summed E-state index contributed by atoms with van der Waals surface area (Å²) in [7, 11) is -0.952. The highest BCUT2D eigenvalue weighted by Gasteiger charge is 2.52. The zero-order valence-electron chi connectivity index (χ0n) is 19.5. The first kappa shape index (κ1) is 22.8. The number of phenolic OH excluding ortho intramolecular Hbond substituents is 1. The summed E-state index contributed by atoms with van der Waals surface area (Å²) >= 11 is 0. The molecule has 2 aromatic carbocycles. The van der Waals surface area contributed by atoms with Crippen LogP contribution in [0.25, 0.3) is 6.08 Å². The second kappa shape index (κ2) is 9.01. The third-order valence-corrected chi connectivity index (χ3v) is 7.61. The molecule has 2 aromatic rings. The van der Waals surface area contributed by atoms with Gasteiger partial charge in [-0.15, -0.1) is 0 Å².